The number of carbonyl (C=O) groups is 1. The molecule has 2 heteroatoms. The summed E-state index contributed by atoms with van der Waals surface area (Å²) in [5.74, 6) is 5.98. The van der Waals surface area contributed by atoms with Crippen LogP contribution in [0.5, 0.6) is 0 Å². The van der Waals surface area contributed by atoms with E-state index in [1.165, 1.54) is 44.9 Å². The van der Waals surface area contributed by atoms with Gasteiger partial charge in [0.1, 0.15) is 0 Å². The monoisotopic (exact) mass is 248 g/mol. The molecule has 0 aliphatic heterocycles. The van der Waals surface area contributed by atoms with Gasteiger partial charge in [-0.1, -0.05) is 0 Å². The van der Waals surface area contributed by atoms with Gasteiger partial charge >= 0.3 is 5.97 Å². The average molecular weight is 248 g/mol. The van der Waals surface area contributed by atoms with Crippen LogP contribution in [0.4, 0.5) is 0 Å². The summed E-state index contributed by atoms with van der Waals surface area (Å²) >= 11 is 0. The van der Waals surface area contributed by atoms with Crippen molar-refractivity contribution in [2.45, 2.75) is 51.4 Å². The molecular formula is C16H24O2. The van der Waals surface area contributed by atoms with Crippen LogP contribution in [-0.4, -0.2) is 11.1 Å². The van der Waals surface area contributed by atoms with E-state index in [4.69, 9.17) is 5.11 Å². The smallest absolute Gasteiger partial charge is 0.303 e. The molecule has 0 unspecified atom stereocenters. The molecule has 5 fully saturated rings. The molecule has 0 atom stereocenters. The third kappa shape index (κ3) is 1.71. The summed E-state index contributed by atoms with van der Waals surface area (Å²) in [7, 11) is 0. The van der Waals surface area contributed by atoms with E-state index in [9.17, 15) is 4.79 Å². The maximum absolute atomic E-state index is 10.7. The first-order valence-corrected chi connectivity index (χ1v) is 7.91. The fraction of sp³-hybridized carbons (Fsp3) is 0.938. The number of hydrogen-bond donors (Lipinski definition) is 1. The molecule has 5 aliphatic rings. The standard InChI is InChI=1S/C16H24O2/c17-15(18)8-11-6-14(7-11)16-12-2-9-1-10(4-12)5-13(16)3-9/h9-14,16H,1-8H2,(H,17,18). The highest BCUT2D eigenvalue weighted by Crippen LogP contribution is 2.61. The Balaban J connectivity index is 1.40. The van der Waals surface area contributed by atoms with Gasteiger partial charge in [-0.2, -0.15) is 0 Å². The Labute approximate surface area is 109 Å². The Bertz CT molecular complexity index is 328. The van der Waals surface area contributed by atoms with E-state index in [2.05, 4.69) is 0 Å². The van der Waals surface area contributed by atoms with Crippen LogP contribution in [0.3, 0.4) is 0 Å². The summed E-state index contributed by atoms with van der Waals surface area (Å²) in [5, 5.41) is 8.85. The summed E-state index contributed by atoms with van der Waals surface area (Å²) in [6.07, 6.45) is 10.4. The maximum atomic E-state index is 10.7. The predicted molar refractivity (Wildman–Crippen MR) is 69.0 cm³/mol. The van der Waals surface area contributed by atoms with E-state index in [0.29, 0.717) is 12.3 Å². The van der Waals surface area contributed by atoms with E-state index in [0.717, 1.165) is 35.5 Å². The molecule has 0 aromatic heterocycles. The van der Waals surface area contributed by atoms with Gasteiger partial charge in [0.2, 0.25) is 0 Å². The van der Waals surface area contributed by atoms with Gasteiger partial charge in [0.05, 0.1) is 0 Å². The normalized spacial score (nSPS) is 53.2. The summed E-state index contributed by atoms with van der Waals surface area (Å²) in [6.45, 7) is 0. The molecule has 0 aromatic rings. The van der Waals surface area contributed by atoms with E-state index in [1.807, 2.05) is 0 Å². The Kier molecular flexibility index (Phi) is 2.50. The minimum absolute atomic E-state index is 0.420. The first-order chi connectivity index (χ1) is 8.69. The fourth-order valence-electron chi connectivity index (χ4n) is 6.25. The molecule has 100 valence electrons. The summed E-state index contributed by atoms with van der Waals surface area (Å²) < 4.78 is 0. The van der Waals surface area contributed by atoms with Crippen LogP contribution in [0.1, 0.15) is 51.4 Å². The zero-order valence-corrected chi connectivity index (χ0v) is 11.1. The van der Waals surface area contributed by atoms with Crippen molar-refractivity contribution in [2.75, 3.05) is 0 Å². The molecule has 2 nitrogen and oxygen atoms in total. The van der Waals surface area contributed by atoms with Crippen LogP contribution < -0.4 is 0 Å². The van der Waals surface area contributed by atoms with Crippen molar-refractivity contribution in [1.82, 2.24) is 0 Å². The van der Waals surface area contributed by atoms with Crippen molar-refractivity contribution in [3.8, 4) is 0 Å². The van der Waals surface area contributed by atoms with Crippen LogP contribution in [0.15, 0.2) is 0 Å². The average Bonchev–Trinajstić information content (AvgIpc) is 2.23. The van der Waals surface area contributed by atoms with Crippen LogP contribution >= 0.6 is 0 Å². The molecule has 5 aliphatic carbocycles. The van der Waals surface area contributed by atoms with Gasteiger partial charge < -0.3 is 5.11 Å². The highest BCUT2D eigenvalue weighted by atomic mass is 16.4. The summed E-state index contributed by atoms with van der Waals surface area (Å²) in [5.41, 5.74) is 0. The third-order valence-corrected chi connectivity index (χ3v) is 6.58. The van der Waals surface area contributed by atoms with Gasteiger partial charge in [-0.25, -0.2) is 0 Å². The molecule has 5 rings (SSSR count). The first kappa shape index (κ1) is 11.3. The van der Waals surface area contributed by atoms with Crippen LogP contribution in [-0.2, 0) is 4.79 Å². The number of rotatable bonds is 3. The lowest BCUT2D eigenvalue weighted by Crippen LogP contribution is -2.50. The van der Waals surface area contributed by atoms with Crippen molar-refractivity contribution in [1.29, 1.82) is 0 Å². The molecule has 0 saturated heterocycles. The van der Waals surface area contributed by atoms with Crippen LogP contribution in [0.25, 0.3) is 0 Å². The lowest BCUT2D eigenvalue weighted by atomic mass is 9.47. The number of aliphatic carboxylic acids is 1. The van der Waals surface area contributed by atoms with Crippen molar-refractivity contribution >= 4 is 5.97 Å². The van der Waals surface area contributed by atoms with E-state index in [1.54, 1.807) is 0 Å². The van der Waals surface area contributed by atoms with E-state index in [-0.39, 0.29) is 0 Å². The second kappa shape index (κ2) is 3.98. The molecule has 0 aromatic carbocycles. The van der Waals surface area contributed by atoms with Gasteiger partial charge in [-0.05, 0) is 86.4 Å². The number of carboxylic acid groups (broad SMARTS) is 1. The van der Waals surface area contributed by atoms with Crippen LogP contribution in [0, 0.1) is 41.4 Å². The van der Waals surface area contributed by atoms with Gasteiger partial charge in [0.25, 0.3) is 0 Å². The second-order valence-electron chi connectivity index (χ2n) is 7.70. The lowest BCUT2D eigenvalue weighted by molar-refractivity contribution is -0.140. The number of hydrogen-bond acceptors (Lipinski definition) is 1. The van der Waals surface area contributed by atoms with Crippen molar-refractivity contribution in [2.24, 2.45) is 41.4 Å². The Hall–Kier alpha value is -0.530. The van der Waals surface area contributed by atoms with Gasteiger partial charge in [0.15, 0.2) is 0 Å². The van der Waals surface area contributed by atoms with Gasteiger partial charge in [-0.15, -0.1) is 0 Å². The highest BCUT2D eigenvalue weighted by Gasteiger charge is 2.52. The minimum Gasteiger partial charge on any atom is -0.481 e. The second-order valence-corrected chi connectivity index (χ2v) is 7.70. The zero-order valence-electron chi connectivity index (χ0n) is 11.1. The quantitative estimate of drug-likeness (QED) is 0.829. The molecule has 18 heavy (non-hydrogen) atoms. The predicted octanol–water partition coefficient (Wildman–Crippen LogP) is 3.56. The SMILES string of the molecule is O=C(O)CC1CC(C2C3CC4CC(C3)CC2C4)C1. The Morgan fingerprint density at radius 1 is 0.833 bits per heavy atom. The third-order valence-electron chi connectivity index (χ3n) is 6.58. The van der Waals surface area contributed by atoms with E-state index >= 15 is 0 Å². The Morgan fingerprint density at radius 3 is 1.83 bits per heavy atom. The molecule has 0 heterocycles. The molecule has 1 N–H and O–H groups in total. The fourth-order valence-corrected chi connectivity index (χ4v) is 6.25. The molecule has 0 amide bonds. The van der Waals surface area contributed by atoms with Crippen LogP contribution in [0.2, 0.25) is 0 Å². The zero-order chi connectivity index (χ0) is 12.3. The molecule has 0 spiro atoms. The number of carboxylic acids is 1. The van der Waals surface area contributed by atoms with Crippen molar-refractivity contribution in [3.05, 3.63) is 0 Å². The molecule has 0 radical (unpaired) electrons. The maximum Gasteiger partial charge on any atom is 0.303 e. The topological polar surface area (TPSA) is 37.3 Å². The molecule has 5 saturated carbocycles. The largest absolute Gasteiger partial charge is 0.481 e. The van der Waals surface area contributed by atoms with Crippen molar-refractivity contribution in [3.63, 3.8) is 0 Å². The highest BCUT2D eigenvalue weighted by molar-refractivity contribution is 5.67. The molecular weight excluding hydrogens is 224 g/mol. The molecule has 4 bridgehead atoms. The minimum atomic E-state index is -0.594. The first-order valence-electron chi connectivity index (χ1n) is 7.91. The van der Waals surface area contributed by atoms with E-state index < -0.39 is 5.97 Å². The Morgan fingerprint density at radius 2 is 1.33 bits per heavy atom. The van der Waals surface area contributed by atoms with Gasteiger partial charge in [0, 0.05) is 6.42 Å². The summed E-state index contributed by atoms with van der Waals surface area (Å²) in [6, 6.07) is 0. The lowest BCUT2D eigenvalue weighted by Gasteiger charge is -2.59. The summed E-state index contributed by atoms with van der Waals surface area (Å²) in [4.78, 5) is 10.7. The van der Waals surface area contributed by atoms with Gasteiger partial charge in [-0.3, -0.25) is 4.79 Å². The van der Waals surface area contributed by atoms with Crippen molar-refractivity contribution < 1.29 is 9.90 Å².